The molecule has 1 aromatic heterocycles. The molecule has 0 unspecified atom stereocenters. The summed E-state index contributed by atoms with van der Waals surface area (Å²) in [5, 5.41) is 12.1. The molecule has 0 amide bonds. The summed E-state index contributed by atoms with van der Waals surface area (Å²) >= 11 is 0. The zero-order valence-electron chi connectivity index (χ0n) is 10.9. The van der Waals surface area contributed by atoms with Crippen LogP contribution in [-0.4, -0.2) is 12.0 Å². The second kappa shape index (κ2) is 3.44. The van der Waals surface area contributed by atoms with Crippen LogP contribution in [0.4, 0.5) is 5.82 Å². The fourth-order valence-corrected chi connectivity index (χ4v) is 2.45. The Morgan fingerprint density at radius 1 is 1.29 bits per heavy atom. The second-order valence-electron chi connectivity index (χ2n) is 5.27. The van der Waals surface area contributed by atoms with E-state index in [9.17, 15) is 0 Å². The average Bonchev–Trinajstić information content (AvgIpc) is 2.42. The average molecular weight is 231 g/mol. The number of nitrogens with one attached hydrogen (secondary N) is 1. The zero-order valence-corrected chi connectivity index (χ0v) is 10.9. The first-order valence-electron chi connectivity index (χ1n) is 5.66. The van der Waals surface area contributed by atoms with Gasteiger partial charge >= 0.3 is 0 Å². The molecule has 1 aliphatic rings. The summed E-state index contributed by atoms with van der Waals surface area (Å²) in [6.07, 6.45) is 0. The molecule has 1 N–H and O–H groups in total. The minimum Gasteiger partial charge on any atom is -0.372 e. The monoisotopic (exact) mass is 231 g/mol. The lowest BCUT2D eigenvalue weighted by molar-refractivity contribution is -0.106. The summed E-state index contributed by atoms with van der Waals surface area (Å²) in [6.45, 7) is 8.00. The van der Waals surface area contributed by atoms with Crippen LogP contribution in [0.25, 0.3) is 0 Å². The van der Waals surface area contributed by atoms with E-state index >= 15 is 0 Å². The number of pyridine rings is 1. The van der Waals surface area contributed by atoms with Crippen LogP contribution < -0.4 is 5.32 Å². The third-order valence-electron chi connectivity index (χ3n) is 3.11. The van der Waals surface area contributed by atoms with E-state index < -0.39 is 11.2 Å². The lowest BCUT2D eigenvalue weighted by Gasteiger charge is -2.24. The number of rotatable bonds is 1. The number of hydrogen-bond donors (Lipinski definition) is 1. The van der Waals surface area contributed by atoms with Crippen molar-refractivity contribution >= 4 is 5.82 Å². The number of fused-ring (bicyclic) bond motifs is 1. The molecule has 90 valence electrons. The predicted molar refractivity (Wildman–Crippen MR) is 65.6 cm³/mol. The van der Waals surface area contributed by atoms with Gasteiger partial charge in [-0.2, -0.15) is 5.26 Å². The quantitative estimate of drug-likeness (QED) is 0.806. The van der Waals surface area contributed by atoms with Gasteiger partial charge in [0, 0.05) is 12.6 Å². The van der Waals surface area contributed by atoms with Gasteiger partial charge in [-0.1, -0.05) is 0 Å². The lowest BCUT2D eigenvalue weighted by Crippen LogP contribution is -2.22. The molecule has 0 saturated heterocycles. The standard InChI is InChI=1S/C13H17N3O/c1-12(2)9-6-8(7-14)11(15-5)16-10(9)13(3,4)17-12/h6H,1-5H3,(H,15,16). The Labute approximate surface area is 102 Å². The molecule has 2 rings (SSSR count). The van der Waals surface area contributed by atoms with Crippen LogP contribution >= 0.6 is 0 Å². The van der Waals surface area contributed by atoms with Crippen molar-refractivity contribution < 1.29 is 4.74 Å². The fraction of sp³-hybridized carbons (Fsp3) is 0.538. The summed E-state index contributed by atoms with van der Waals surface area (Å²) in [5.74, 6) is 0.612. The van der Waals surface area contributed by atoms with Gasteiger partial charge in [0.1, 0.15) is 17.5 Å². The molecular weight excluding hydrogens is 214 g/mol. The molecule has 4 heteroatoms. The summed E-state index contributed by atoms with van der Waals surface area (Å²) in [6, 6.07) is 4.04. The van der Waals surface area contributed by atoms with Gasteiger partial charge in [-0.15, -0.1) is 0 Å². The number of hydrogen-bond acceptors (Lipinski definition) is 4. The Hall–Kier alpha value is -1.60. The van der Waals surface area contributed by atoms with Crippen LogP contribution in [0.3, 0.4) is 0 Å². The molecule has 0 saturated carbocycles. The SMILES string of the molecule is CNc1nc2c(cc1C#N)C(C)(C)OC2(C)C. The third-order valence-corrected chi connectivity index (χ3v) is 3.11. The molecular formula is C13H17N3O. The largest absolute Gasteiger partial charge is 0.372 e. The lowest BCUT2D eigenvalue weighted by atomic mass is 9.94. The van der Waals surface area contributed by atoms with Gasteiger partial charge in [-0.25, -0.2) is 4.98 Å². The topological polar surface area (TPSA) is 57.9 Å². The van der Waals surface area contributed by atoms with Crippen LogP contribution in [0.1, 0.15) is 44.5 Å². The minimum absolute atomic E-state index is 0.399. The highest BCUT2D eigenvalue weighted by atomic mass is 16.5. The van der Waals surface area contributed by atoms with Gasteiger partial charge in [0.15, 0.2) is 0 Å². The van der Waals surface area contributed by atoms with Gasteiger partial charge in [0.2, 0.25) is 0 Å². The van der Waals surface area contributed by atoms with E-state index in [2.05, 4.69) is 16.4 Å². The first-order chi connectivity index (χ1) is 7.81. The van der Waals surface area contributed by atoms with Gasteiger partial charge in [-0.05, 0) is 33.8 Å². The van der Waals surface area contributed by atoms with E-state index in [1.165, 1.54) is 0 Å². The summed E-state index contributed by atoms with van der Waals surface area (Å²) in [5.41, 5.74) is 1.65. The smallest absolute Gasteiger partial charge is 0.144 e. The van der Waals surface area contributed by atoms with Crippen molar-refractivity contribution in [2.75, 3.05) is 12.4 Å². The number of anilines is 1. The van der Waals surface area contributed by atoms with Crippen LogP contribution in [0.5, 0.6) is 0 Å². The molecule has 0 atom stereocenters. The number of ether oxygens (including phenoxy) is 1. The Balaban J connectivity index is 2.72. The van der Waals surface area contributed by atoms with Crippen LogP contribution in [0.15, 0.2) is 6.07 Å². The Bertz CT molecular complexity index is 512. The molecule has 0 spiro atoms. The highest BCUT2D eigenvalue weighted by Gasteiger charge is 2.44. The first kappa shape index (κ1) is 11.9. The van der Waals surface area contributed by atoms with Gasteiger partial charge < -0.3 is 10.1 Å². The van der Waals surface area contributed by atoms with Gasteiger partial charge in [0.05, 0.1) is 16.9 Å². The van der Waals surface area contributed by atoms with Gasteiger partial charge in [-0.3, -0.25) is 0 Å². The zero-order chi connectivity index (χ0) is 12.8. The van der Waals surface area contributed by atoms with Gasteiger partial charge in [0.25, 0.3) is 0 Å². The second-order valence-corrected chi connectivity index (χ2v) is 5.27. The van der Waals surface area contributed by atoms with Crippen LogP contribution in [0, 0.1) is 11.3 Å². The molecule has 0 bridgehead atoms. The number of aromatic nitrogens is 1. The molecule has 0 aliphatic carbocycles. The summed E-state index contributed by atoms with van der Waals surface area (Å²) < 4.78 is 6.01. The molecule has 0 aromatic carbocycles. The maximum atomic E-state index is 9.11. The maximum Gasteiger partial charge on any atom is 0.144 e. The number of nitrogens with zero attached hydrogens (tertiary/aromatic N) is 2. The summed E-state index contributed by atoms with van der Waals surface area (Å²) in [7, 11) is 1.77. The predicted octanol–water partition coefficient (Wildman–Crippen LogP) is 2.50. The van der Waals surface area contributed by atoms with Crippen molar-refractivity contribution in [3.8, 4) is 6.07 Å². The normalized spacial score (nSPS) is 19.5. The maximum absolute atomic E-state index is 9.11. The van der Waals surface area contributed by atoms with Crippen molar-refractivity contribution in [1.82, 2.24) is 4.98 Å². The van der Waals surface area contributed by atoms with Crippen molar-refractivity contribution in [3.63, 3.8) is 0 Å². The Morgan fingerprint density at radius 2 is 1.94 bits per heavy atom. The molecule has 2 heterocycles. The van der Waals surface area contributed by atoms with E-state index in [1.807, 2.05) is 33.8 Å². The van der Waals surface area contributed by atoms with E-state index in [-0.39, 0.29) is 0 Å². The third kappa shape index (κ3) is 1.67. The van der Waals surface area contributed by atoms with E-state index in [0.29, 0.717) is 11.4 Å². The Kier molecular flexibility index (Phi) is 2.41. The van der Waals surface area contributed by atoms with E-state index in [0.717, 1.165) is 11.3 Å². The van der Waals surface area contributed by atoms with Crippen LogP contribution in [-0.2, 0) is 15.9 Å². The van der Waals surface area contributed by atoms with Crippen molar-refractivity contribution in [2.45, 2.75) is 38.9 Å². The van der Waals surface area contributed by atoms with Crippen molar-refractivity contribution in [3.05, 3.63) is 22.9 Å². The fourth-order valence-electron chi connectivity index (χ4n) is 2.45. The van der Waals surface area contributed by atoms with Crippen molar-refractivity contribution in [2.24, 2.45) is 0 Å². The highest BCUT2D eigenvalue weighted by molar-refractivity contribution is 5.56. The molecule has 0 fully saturated rings. The van der Waals surface area contributed by atoms with E-state index in [4.69, 9.17) is 10.00 Å². The van der Waals surface area contributed by atoms with Crippen molar-refractivity contribution in [1.29, 1.82) is 5.26 Å². The Morgan fingerprint density at radius 3 is 2.47 bits per heavy atom. The summed E-state index contributed by atoms with van der Waals surface area (Å²) in [4.78, 5) is 4.53. The molecule has 1 aromatic rings. The number of nitriles is 1. The molecule has 17 heavy (non-hydrogen) atoms. The first-order valence-corrected chi connectivity index (χ1v) is 5.66. The molecule has 0 radical (unpaired) electrons. The molecule has 4 nitrogen and oxygen atoms in total. The highest BCUT2D eigenvalue weighted by Crippen LogP contribution is 2.46. The minimum atomic E-state index is -0.418. The van der Waals surface area contributed by atoms with E-state index in [1.54, 1.807) is 7.05 Å². The molecule has 1 aliphatic heterocycles. The van der Waals surface area contributed by atoms with Crippen LogP contribution in [0.2, 0.25) is 0 Å².